The quantitative estimate of drug-likeness (QED) is 0.455. The minimum absolute atomic E-state index is 0. The fourth-order valence-electron chi connectivity index (χ4n) is 4.62. The summed E-state index contributed by atoms with van der Waals surface area (Å²) in [5, 5.41) is 0. The summed E-state index contributed by atoms with van der Waals surface area (Å²) in [7, 11) is 3.61. The van der Waals surface area contributed by atoms with E-state index in [4.69, 9.17) is 23.4 Å². The van der Waals surface area contributed by atoms with Gasteiger partial charge in [-0.1, -0.05) is 37.1 Å². The molecule has 2 atom stereocenters. The first-order chi connectivity index (χ1) is 14.8. The topological polar surface area (TPSA) is 84.6 Å². The molecule has 0 aromatic heterocycles. The van der Waals surface area contributed by atoms with Crippen molar-refractivity contribution >= 4 is 0 Å². The fraction of sp³-hybridized carbons (Fsp3) is 0.609. The Morgan fingerprint density at radius 3 is 1.65 bits per heavy atom. The Balaban J connectivity index is 0. The maximum Gasteiger partial charge on any atom is 0 e. The van der Waals surface area contributed by atoms with Crippen molar-refractivity contribution in [3.05, 3.63) is 55.3 Å². The SMILES string of the molecule is COCCN1C(c2ccccc2C)N(CCOC)[C@@H]2CCCC[C@H]21.[C-]#[O+].[C-]#[O+].[C-]#[O+].[Cr]. The van der Waals surface area contributed by atoms with Gasteiger partial charge in [-0.2, -0.15) is 0 Å². The van der Waals surface area contributed by atoms with Crippen LogP contribution in [0.3, 0.4) is 0 Å². The largest absolute Gasteiger partial charge is 0 e. The molecular weight excluding hydrogens is 436 g/mol. The van der Waals surface area contributed by atoms with Crippen molar-refractivity contribution in [2.24, 2.45) is 0 Å². The minimum Gasteiger partial charge on any atom is 0 e. The third-order valence-corrected chi connectivity index (χ3v) is 5.75. The molecule has 0 amide bonds. The van der Waals surface area contributed by atoms with Crippen molar-refractivity contribution in [3.63, 3.8) is 0 Å². The third-order valence-electron chi connectivity index (χ3n) is 5.75. The van der Waals surface area contributed by atoms with Crippen LogP contribution in [-0.4, -0.2) is 62.4 Å². The van der Waals surface area contributed by atoms with E-state index in [1.807, 2.05) is 0 Å². The third kappa shape index (κ3) is 8.69. The van der Waals surface area contributed by atoms with Crippen molar-refractivity contribution in [2.75, 3.05) is 40.5 Å². The van der Waals surface area contributed by atoms with Gasteiger partial charge in [-0.25, -0.2) is 0 Å². The zero-order valence-electron chi connectivity index (χ0n) is 18.5. The Bertz CT molecular complexity index is 614. The molecule has 2 fully saturated rings. The maximum absolute atomic E-state index is 7.50. The number of rotatable bonds is 7. The van der Waals surface area contributed by atoms with E-state index < -0.39 is 0 Å². The van der Waals surface area contributed by atoms with E-state index in [2.05, 4.69) is 60.9 Å². The van der Waals surface area contributed by atoms with Gasteiger partial charge < -0.3 is 9.47 Å². The van der Waals surface area contributed by atoms with E-state index in [9.17, 15) is 0 Å². The van der Waals surface area contributed by atoms with Crippen molar-refractivity contribution in [3.8, 4) is 0 Å². The summed E-state index contributed by atoms with van der Waals surface area (Å²) < 4.78 is 33.4. The second kappa shape index (κ2) is 19.5. The van der Waals surface area contributed by atoms with Crippen molar-refractivity contribution in [2.45, 2.75) is 50.9 Å². The van der Waals surface area contributed by atoms with Gasteiger partial charge in [0.25, 0.3) is 0 Å². The molecule has 1 aromatic carbocycles. The van der Waals surface area contributed by atoms with Gasteiger partial charge in [-0.15, -0.1) is 0 Å². The van der Waals surface area contributed by atoms with E-state index in [0.717, 1.165) is 26.3 Å². The first-order valence-electron chi connectivity index (χ1n) is 9.94. The number of fused-ring (bicyclic) bond motifs is 1. The van der Waals surface area contributed by atoms with Crippen LogP contribution in [0.1, 0.15) is 43.0 Å². The molecule has 2 aliphatic rings. The Hall–Kier alpha value is -1.19. The summed E-state index contributed by atoms with van der Waals surface area (Å²) in [6.45, 7) is 19.3. The Labute approximate surface area is 197 Å². The molecule has 1 saturated heterocycles. The molecule has 31 heavy (non-hydrogen) atoms. The summed E-state index contributed by atoms with van der Waals surface area (Å²) in [4.78, 5) is 5.40. The summed E-state index contributed by atoms with van der Waals surface area (Å²) in [5.41, 5.74) is 2.82. The Morgan fingerprint density at radius 1 is 0.839 bits per heavy atom. The van der Waals surface area contributed by atoms with E-state index in [1.165, 1.54) is 36.8 Å². The van der Waals surface area contributed by atoms with Gasteiger partial charge in [-0.05, 0) is 30.9 Å². The van der Waals surface area contributed by atoms with E-state index >= 15 is 0 Å². The minimum atomic E-state index is 0. The number of aryl methyl sites for hydroxylation is 1. The molecule has 1 aliphatic heterocycles. The molecule has 0 N–H and O–H groups in total. The van der Waals surface area contributed by atoms with E-state index in [-0.39, 0.29) is 17.4 Å². The smallest absolute Gasteiger partial charge is 0 e. The Morgan fingerprint density at radius 2 is 1.26 bits per heavy atom. The molecule has 1 saturated carbocycles. The van der Waals surface area contributed by atoms with Crippen molar-refractivity contribution in [1.29, 1.82) is 0 Å². The van der Waals surface area contributed by atoms with Crippen LogP contribution in [0, 0.1) is 26.9 Å². The summed E-state index contributed by atoms with van der Waals surface area (Å²) in [6.07, 6.45) is 5.66. The summed E-state index contributed by atoms with van der Waals surface area (Å²) in [5.74, 6) is 0. The van der Waals surface area contributed by atoms with Crippen molar-refractivity contribution in [1.82, 2.24) is 9.80 Å². The zero-order valence-corrected chi connectivity index (χ0v) is 19.8. The van der Waals surface area contributed by atoms with E-state index in [0.29, 0.717) is 18.2 Å². The second-order valence-electron chi connectivity index (χ2n) is 7.11. The predicted molar refractivity (Wildman–Crippen MR) is 109 cm³/mol. The fourth-order valence-corrected chi connectivity index (χ4v) is 4.62. The Kier molecular flexibility index (Phi) is 20.1. The summed E-state index contributed by atoms with van der Waals surface area (Å²) in [6, 6.07) is 10.1. The number of hydrogen-bond acceptors (Lipinski definition) is 4. The monoisotopic (exact) mass is 468 g/mol. The van der Waals surface area contributed by atoms with Gasteiger partial charge >= 0.3 is 33.9 Å². The van der Waals surface area contributed by atoms with Crippen LogP contribution in [0.5, 0.6) is 0 Å². The standard InChI is InChI=1S/C20H32N2O2.3CO.Cr/c1-16-8-4-5-9-17(16)20-21(12-14-23-2)18-10-6-7-11-19(18)22(20)13-15-24-3;3*1-2;/h4-5,8-9,18-20H,6-7,10-15H2,1-3H3;;;;/t18-,19-;;;;/m1..../s1. The van der Waals surface area contributed by atoms with Crippen LogP contribution in [0.4, 0.5) is 0 Å². The first-order valence-corrected chi connectivity index (χ1v) is 9.94. The molecule has 1 heterocycles. The molecule has 0 unspecified atom stereocenters. The maximum atomic E-state index is 7.50. The molecule has 1 aliphatic carbocycles. The number of benzene rings is 1. The van der Waals surface area contributed by atoms with Crippen LogP contribution < -0.4 is 0 Å². The van der Waals surface area contributed by atoms with Crippen molar-refractivity contribution < 1.29 is 40.8 Å². The zero-order chi connectivity index (χ0) is 22.9. The van der Waals surface area contributed by atoms with Crippen LogP contribution in [-0.2, 0) is 40.8 Å². The normalized spacial score (nSPS) is 20.3. The van der Waals surface area contributed by atoms with Gasteiger partial charge in [0, 0.05) is 56.8 Å². The molecule has 3 rings (SSSR count). The molecular formula is C23H32CrN2O5. The number of methoxy groups -OCH3 is 2. The summed E-state index contributed by atoms with van der Waals surface area (Å²) >= 11 is 0. The second-order valence-corrected chi connectivity index (χ2v) is 7.11. The molecule has 170 valence electrons. The van der Waals surface area contributed by atoms with Crippen LogP contribution in [0.2, 0.25) is 0 Å². The first kappa shape index (κ1) is 32.0. The molecule has 0 bridgehead atoms. The van der Waals surface area contributed by atoms with Gasteiger partial charge in [0.15, 0.2) is 0 Å². The number of nitrogens with zero attached hydrogens (tertiary/aromatic N) is 2. The van der Waals surface area contributed by atoms with Gasteiger partial charge in [0.05, 0.1) is 19.4 Å². The number of ether oxygens (including phenoxy) is 2. The van der Waals surface area contributed by atoms with Gasteiger partial charge in [0.2, 0.25) is 0 Å². The van der Waals surface area contributed by atoms with E-state index in [1.54, 1.807) is 14.2 Å². The molecule has 1 aromatic rings. The molecule has 8 heteroatoms. The van der Waals surface area contributed by atoms with Gasteiger partial charge in [0.1, 0.15) is 0 Å². The average molecular weight is 469 g/mol. The van der Waals surface area contributed by atoms with Gasteiger partial charge in [-0.3, -0.25) is 9.80 Å². The molecule has 0 radical (unpaired) electrons. The molecule has 7 nitrogen and oxygen atoms in total. The molecule has 0 spiro atoms. The number of hydrogen-bond donors (Lipinski definition) is 0. The average Bonchev–Trinajstić information content (AvgIpc) is 3.13. The van der Waals surface area contributed by atoms with Crippen LogP contribution in [0.25, 0.3) is 0 Å². The van der Waals surface area contributed by atoms with Crippen LogP contribution in [0.15, 0.2) is 24.3 Å². The predicted octanol–water partition coefficient (Wildman–Crippen LogP) is 3.10. The van der Waals surface area contributed by atoms with Crippen LogP contribution >= 0.6 is 0 Å².